The van der Waals surface area contributed by atoms with Crippen LogP contribution >= 0.6 is 23.2 Å². The molecule has 2 aromatic rings. The Kier molecular flexibility index (Phi) is 4.17. The van der Waals surface area contributed by atoms with Crippen molar-refractivity contribution in [2.24, 2.45) is 0 Å². The highest BCUT2D eigenvalue weighted by Crippen LogP contribution is 2.36. The molecule has 2 aromatic carbocycles. The SMILES string of the molecule is Cc1cc(C)c(C(Cl)c2cccc(Cl)c2F)c(C)c1. The summed E-state index contributed by atoms with van der Waals surface area (Å²) in [5.41, 5.74) is 4.68. The number of benzene rings is 2. The molecular weight excluding hydrogens is 282 g/mol. The molecule has 0 amide bonds. The zero-order chi connectivity index (χ0) is 14.2. The summed E-state index contributed by atoms with van der Waals surface area (Å²) in [5, 5.41) is -0.426. The normalized spacial score (nSPS) is 12.5. The van der Waals surface area contributed by atoms with Crippen molar-refractivity contribution >= 4 is 23.2 Å². The number of aryl methyl sites for hydroxylation is 3. The lowest BCUT2D eigenvalue weighted by Gasteiger charge is -2.18. The van der Waals surface area contributed by atoms with Gasteiger partial charge in [-0.05, 0) is 43.5 Å². The predicted octanol–water partition coefficient (Wildman–Crippen LogP) is 5.73. The molecule has 0 spiro atoms. The van der Waals surface area contributed by atoms with Crippen molar-refractivity contribution in [1.29, 1.82) is 0 Å². The molecule has 2 rings (SSSR count). The molecule has 0 saturated heterocycles. The second-order valence-electron chi connectivity index (χ2n) is 4.82. The summed E-state index contributed by atoms with van der Waals surface area (Å²) in [6.07, 6.45) is 0. The van der Waals surface area contributed by atoms with Gasteiger partial charge in [-0.15, -0.1) is 11.6 Å². The Labute approximate surface area is 123 Å². The number of rotatable bonds is 2. The van der Waals surface area contributed by atoms with Crippen LogP contribution < -0.4 is 0 Å². The molecule has 3 heteroatoms. The first-order chi connectivity index (χ1) is 8.91. The van der Waals surface area contributed by atoms with E-state index in [0.29, 0.717) is 5.56 Å². The Hall–Kier alpha value is -1.05. The van der Waals surface area contributed by atoms with E-state index in [4.69, 9.17) is 23.2 Å². The van der Waals surface area contributed by atoms with Gasteiger partial charge < -0.3 is 0 Å². The second-order valence-corrected chi connectivity index (χ2v) is 5.66. The zero-order valence-corrected chi connectivity index (χ0v) is 12.6. The molecule has 19 heavy (non-hydrogen) atoms. The Balaban J connectivity index is 2.56. The van der Waals surface area contributed by atoms with E-state index in [0.717, 1.165) is 16.7 Å². The van der Waals surface area contributed by atoms with Crippen molar-refractivity contribution in [3.8, 4) is 0 Å². The Morgan fingerprint density at radius 2 is 1.63 bits per heavy atom. The first kappa shape index (κ1) is 14.4. The van der Waals surface area contributed by atoms with Crippen LogP contribution in [0.3, 0.4) is 0 Å². The van der Waals surface area contributed by atoms with Crippen molar-refractivity contribution in [3.63, 3.8) is 0 Å². The van der Waals surface area contributed by atoms with E-state index >= 15 is 0 Å². The third-order valence-corrected chi connectivity index (χ3v) is 3.99. The maximum absolute atomic E-state index is 14.1. The second kappa shape index (κ2) is 5.52. The maximum atomic E-state index is 14.1. The quantitative estimate of drug-likeness (QED) is 0.621. The molecule has 0 aromatic heterocycles. The largest absolute Gasteiger partial charge is 0.205 e. The molecule has 0 aliphatic rings. The van der Waals surface area contributed by atoms with Gasteiger partial charge in [-0.1, -0.05) is 41.4 Å². The third-order valence-electron chi connectivity index (χ3n) is 3.25. The molecule has 1 unspecified atom stereocenters. The highest BCUT2D eigenvalue weighted by atomic mass is 35.5. The van der Waals surface area contributed by atoms with E-state index < -0.39 is 11.2 Å². The first-order valence-electron chi connectivity index (χ1n) is 6.07. The molecule has 0 saturated carbocycles. The summed E-state index contributed by atoms with van der Waals surface area (Å²) in [5.74, 6) is -0.441. The highest BCUT2D eigenvalue weighted by Gasteiger charge is 2.20. The topological polar surface area (TPSA) is 0 Å². The lowest BCUT2D eigenvalue weighted by Crippen LogP contribution is -2.03. The fourth-order valence-electron chi connectivity index (χ4n) is 2.46. The van der Waals surface area contributed by atoms with Gasteiger partial charge in [0.05, 0.1) is 10.4 Å². The van der Waals surface area contributed by atoms with Crippen LogP contribution in [0, 0.1) is 26.6 Å². The molecule has 0 fully saturated rings. The first-order valence-corrected chi connectivity index (χ1v) is 6.89. The molecule has 0 N–H and O–H groups in total. The molecule has 100 valence electrons. The van der Waals surface area contributed by atoms with Gasteiger partial charge in [0.25, 0.3) is 0 Å². The molecule has 1 atom stereocenters. The van der Waals surface area contributed by atoms with Gasteiger partial charge in [0, 0.05) is 5.56 Å². The molecule has 0 aliphatic heterocycles. The van der Waals surface area contributed by atoms with E-state index in [1.807, 2.05) is 20.8 Å². The van der Waals surface area contributed by atoms with Crippen molar-refractivity contribution in [2.45, 2.75) is 26.1 Å². The van der Waals surface area contributed by atoms with Gasteiger partial charge in [-0.25, -0.2) is 4.39 Å². The van der Waals surface area contributed by atoms with Crippen molar-refractivity contribution in [2.75, 3.05) is 0 Å². The van der Waals surface area contributed by atoms with Crippen LogP contribution in [0.2, 0.25) is 5.02 Å². The molecule has 0 heterocycles. The number of hydrogen-bond acceptors (Lipinski definition) is 0. The van der Waals surface area contributed by atoms with Gasteiger partial charge in [-0.2, -0.15) is 0 Å². The number of hydrogen-bond donors (Lipinski definition) is 0. The van der Waals surface area contributed by atoms with E-state index in [-0.39, 0.29) is 5.02 Å². The lowest BCUT2D eigenvalue weighted by molar-refractivity contribution is 0.612. The smallest absolute Gasteiger partial charge is 0.146 e. The molecule has 0 aliphatic carbocycles. The summed E-state index contributed by atoms with van der Waals surface area (Å²) in [6.45, 7) is 6.02. The van der Waals surface area contributed by atoms with Crippen molar-refractivity contribution < 1.29 is 4.39 Å². The van der Waals surface area contributed by atoms with E-state index in [9.17, 15) is 4.39 Å². The van der Waals surface area contributed by atoms with Crippen LogP contribution in [-0.4, -0.2) is 0 Å². The Morgan fingerprint density at radius 1 is 1.05 bits per heavy atom. The van der Waals surface area contributed by atoms with Gasteiger partial charge in [0.15, 0.2) is 0 Å². The summed E-state index contributed by atoms with van der Waals surface area (Å²) in [6, 6.07) is 9.03. The minimum Gasteiger partial charge on any atom is -0.205 e. The minimum absolute atomic E-state index is 0.102. The van der Waals surface area contributed by atoms with E-state index in [2.05, 4.69) is 12.1 Å². The van der Waals surface area contributed by atoms with Crippen LogP contribution in [0.1, 0.15) is 33.2 Å². The maximum Gasteiger partial charge on any atom is 0.146 e. The van der Waals surface area contributed by atoms with Crippen molar-refractivity contribution in [3.05, 3.63) is 69.0 Å². The standard InChI is InChI=1S/C16H15Cl2F/c1-9-7-10(2)14(11(3)8-9)15(18)12-5-4-6-13(17)16(12)19/h4-8,15H,1-3H3. The molecular formula is C16H15Cl2F. The zero-order valence-electron chi connectivity index (χ0n) is 11.1. The van der Waals surface area contributed by atoms with E-state index in [1.54, 1.807) is 12.1 Å². The molecule has 0 bridgehead atoms. The van der Waals surface area contributed by atoms with Crippen LogP contribution in [0.5, 0.6) is 0 Å². The summed E-state index contributed by atoms with van der Waals surface area (Å²) >= 11 is 12.3. The third kappa shape index (κ3) is 2.77. The monoisotopic (exact) mass is 296 g/mol. The Morgan fingerprint density at radius 3 is 2.21 bits per heavy atom. The fraction of sp³-hybridized carbons (Fsp3) is 0.250. The summed E-state index contributed by atoms with van der Waals surface area (Å²) in [4.78, 5) is 0. The van der Waals surface area contributed by atoms with Crippen LogP contribution in [0.15, 0.2) is 30.3 Å². The number of halogens is 3. The molecule has 0 radical (unpaired) electrons. The van der Waals surface area contributed by atoms with Gasteiger partial charge in [0.1, 0.15) is 5.82 Å². The Bertz CT molecular complexity index is 597. The lowest BCUT2D eigenvalue weighted by atomic mass is 9.93. The highest BCUT2D eigenvalue weighted by molar-refractivity contribution is 6.31. The van der Waals surface area contributed by atoms with Gasteiger partial charge in [-0.3, -0.25) is 0 Å². The summed E-state index contributed by atoms with van der Waals surface area (Å²) in [7, 11) is 0. The molecule has 0 nitrogen and oxygen atoms in total. The van der Waals surface area contributed by atoms with Gasteiger partial charge >= 0.3 is 0 Å². The number of alkyl halides is 1. The van der Waals surface area contributed by atoms with Crippen molar-refractivity contribution in [1.82, 2.24) is 0 Å². The average molecular weight is 297 g/mol. The van der Waals surface area contributed by atoms with Gasteiger partial charge in [0.2, 0.25) is 0 Å². The van der Waals surface area contributed by atoms with Crippen LogP contribution in [0.25, 0.3) is 0 Å². The fourth-order valence-corrected chi connectivity index (χ4v) is 3.16. The van der Waals surface area contributed by atoms with E-state index in [1.165, 1.54) is 11.6 Å². The van der Waals surface area contributed by atoms with Crippen LogP contribution in [-0.2, 0) is 0 Å². The summed E-state index contributed by atoms with van der Waals surface area (Å²) < 4.78 is 14.1. The minimum atomic E-state index is -0.528. The predicted molar refractivity (Wildman–Crippen MR) is 79.8 cm³/mol. The average Bonchev–Trinajstić information content (AvgIpc) is 2.31. The van der Waals surface area contributed by atoms with Crippen LogP contribution in [0.4, 0.5) is 4.39 Å².